The van der Waals surface area contributed by atoms with Crippen molar-refractivity contribution in [2.24, 2.45) is 5.10 Å². The second-order valence-electron chi connectivity index (χ2n) is 9.29. The molecule has 3 aromatic carbocycles. The topological polar surface area (TPSA) is 111 Å². The molecule has 0 bridgehead atoms. The highest BCUT2D eigenvalue weighted by Crippen LogP contribution is 2.33. The van der Waals surface area contributed by atoms with Gasteiger partial charge in [0, 0.05) is 24.8 Å². The summed E-state index contributed by atoms with van der Waals surface area (Å²) in [4.78, 5) is 13.2. The fourth-order valence-corrected chi connectivity index (χ4v) is 5.14. The molecule has 210 valence electrons. The van der Waals surface area contributed by atoms with Crippen molar-refractivity contribution >= 4 is 39.9 Å². The lowest BCUT2D eigenvalue weighted by Gasteiger charge is -2.23. The summed E-state index contributed by atoms with van der Waals surface area (Å²) in [6.45, 7) is 1.73. The van der Waals surface area contributed by atoms with E-state index in [1.54, 1.807) is 18.2 Å². The van der Waals surface area contributed by atoms with Crippen LogP contribution >= 0.6 is 0 Å². The standard InChI is InChI=1S/C26H25BF4N4O4S/c1-27(37)32-15-16-6-5-7-18(12-16)35-22(14-24(34-35)26(29,30)31)25(36)33-21-11-10-17(13-20(21)28)19-8-3-4-9-23(19)40(2,38)39/h3-13,22,32,37H,14-15H2,1-2H3,(H,33,36). The van der Waals surface area contributed by atoms with Crippen molar-refractivity contribution in [1.29, 1.82) is 0 Å². The van der Waals surface area contributed by atoms with Gasteiger partial charge in [-0.2, -0.15) is 18.3 Å². The minimum atomic E-state index is -4.78. The molecule has 0 spiro atoms. The van der Waals surface area contributed by atoms with Gasteiger partial charge in [-0.15, -0.1) is 0 Å². The predicted octanol–water partition coefficient (Wildman–Crippen LogP) is 4.23. The van der Waals surface area contributed by atoms with Crippen molar-refractivity contribution in [3.05, 3.63) is 78.1 Å². The zero-order chi connectivity index (χ0) is 29.2. The molecule has 4 rings (SSSR count). The van der Waals surface area contributed by atoms with E-state index in [9.17, 15) is 31.4 Å². The van der Waals surface area contributed by atoms with E-state index in [1.807, 2.05) is 0 Å². The van der Waals surface area contributed by atoms with Crippen LogP contribution in [-0.2, 0) is 21.2 Å². The Kier molecular flexibility index (Phi) is 8.33. The molecule has 1 aliphatic rings. The van der Waals surface area contributed by atoms with Gasteiger partial charge in [-0.25, -0.2) is 12.8 Å². The normalized spacial score (nSPS) is 15.6. The SMILES string of the molecule is CB(O)NCc1cccc(N2N=C(C(F)(F)F)CC2C(=O)Nc2ccc(-c3ccccc3S(C)(=O)=O)cc2F)c1. The summed E-state index contributed by atoms with van der Waals surface area (Å²) < 4.78 is 80.0. The number of alkyl halides is 3. The minimum absolute atomic E-state index is 0.00418. The molecule has 0 radical (unpaired) electrons. The summed E-state index contributed by atoms with van der Waals surface area (Å²) in [6, 6.07) is 14.6. The Morgan fingerprint density at radius 1 is 1.12 bits per heavy atom. The number of hydrogen-bond acceptors (Lipinski definition) is 7. The molecule has 8 nitrogen and oxygen atoms in total. The van der Waals surface area contributed by atoms with E-state index in [1.165, 1.54) is 49.3 Å². The molecular weight excluding hydrogens is 551 g/mol. The van der Waals surface area contributed by atoms with Crippen LogP contribution in [0.5, 0.6) is 0 Å². The van der Waals surface area contributed by atoms with Crippen LogP contribution in [0.15, 0.2) is 76.7 Å². The Morgan fingerprint density at radius 3 is 2.50 bits per heavy atom. The van der Waals surface area contributed by atoms with Crippen LogP contribution in [-0.4, -0.2) is 50.6 Å². The summed E-state index contributed by atoms with van der Waals surface area (Å²) in [5.41, 5.74) is -0.114. The number of amides is 1. The molecule has 0 saturated carbocycles. The number of sulfone groups is 1. The lowest BCUT2D eigenvalue weighted by Crippen LogP contribution is -2.39. The molecular formula is C26H25BF4N4O4S. The molecule has 1 atom stereocenters. The van der Waals surface area contributed by atoms with Crippen LogP contribution in [0.1, 0.15) is 12.0 Å². The number of halogens is 4. The first-order chi connectivity index (χ1) is 18.7. The lowest BCUT2D eigenvalue weighted by atomic mass is 9.88. The van der Waals surface area contributed by atoms with Crippen LogP contribution in [0.3, 0.4) is 0 Å². The van der Waals surface area contributed by atoms with Gasteiger partial charge in [-0.1, -0.05) is 36.4 Å². The van der Waals surface area contributed by atoms with Gasteiger partial charge >= 0.3 is 13.2 Å². The molecule has 1 heterocycles. The molecule has 14 heteroatoms. The Bertz CT molecular complexity index is 1560. The quantitative estimate of drug-likeness (QED) is 0.274. The number of carbonyl (C=O) groups is 1. The number of rotatable bonds is 8. The molecule has 0 saturated heterocycles. The van der Waals surface area contributed by atoms with E-state index in [0.29, 0.717) is 5.56 Å². The van der Waals surface area contributed by atoms with Gasteiger partial charge in [0.2, 0.25) is 5.91 Å². The Balaban J connectivity index is 1.61. The van der Waals surface area contributed by atoms with Gasteiger partial charge in [0.15, 0.2) is 9.84 Å². The molecule has 40 heavy (non-hydrogen) atoms. The number of hydrazone groups is 1. The van der Waals surface area contributed by atoms with Gasteiger partial charge in [-0.3, -0.25) is 9.80 Å². The summed E-state index contributed by atoms with van der Waals surface area (Å²) in [5.74, 6) is -1.82. The highest BCUT2D eigenvalue weighted by Gasteiger charge is 2.45. The smallest absolute Gasteiger partial charge is 0.431 e. The zero-order valence-electron chi connectivity index (χ0n) is 21.4. The second kappa shape index (κ2) is 11.4. The summed E-state index contributed by atoms with van der Waals surface area (Å²) in [7, 11) is -4.43. The molecule has 1 unspecified atom stereocenters. The van der Waals surface area contributed by atoms with E-state index >= 15 is 4.39 Å². The summed E-state index contributed by atoms with van der Waals surface area (Å²) in [6.07, 6.45) is -4.51. The molecule has 1 aliphatic heterocycles. The largest absolute Gasteiger partial charge is 0.437 e. The highest BCUT2D eigenvalue weighted by atomic mass is 32.2. The minimum Gasteiger partial charge on any atom is -0.437 e. The van der Waals surface area contributed by atoms with E-state index in [-0.39, 0.29) is 33.9 Å². The van der Waals surface area contributed by atoms with Crippen LogP contribution in [0, 0.1) is 5.82 Å². The molecule has 3 N–H and O–H groups in total. The number of benzene rings is 3. The van der Waals surface area contributed by atoms with Crippen LogP contribution < -0.4 is 15.6 Å². The van der Waals surface area contributed by atoms with Gasteiger partial charge < -0.3 is 15.6 Å². The van der Waals surface area contributed by atoms with Gasteiger partial charge in [0.1, 0.15) is 17.6 Å². The number of nitrogens with one attached hydrogen (secondary N) is 2. The van der Waals surface area contributed by atoms with E-state index in [2.05, 4.69) is 15.6 Å². The van der Waals surface area contributed by atoms with E-state index in [0.717, 1.165) is 17.3 Å². The first-order valence-corrected chi connectivity index (χ1v) is 14.0. The third kappa shape index (κ3) is 6.69. The maximum absolute atomic E-state index is 15.1. The van der Waals surface area contributed by atoms with Gasteiger partial charge in [0.05, 0.1) is 16.3 Å². The molecule has 0 fully saturated rings. The Hall–Kier alpha value is -3.75. The number of anilines is 2. The second-order valence-corrected chi connectivity index (χ2v) is 11.3. The molecule has 3 aromatic rings. The molecule has 1 amide bonds. The third-order valence-corrected chi connectivity index (χ3v) is 7.30. The molecule has 0 aliphatic carbocycles. The zero-order valence-corrected chi connectivity index (χ0v) is 22.2. The predicted molar refractivity (Wildman–Crippen MR) is 145 cm³/mol. The molecule has 0 aromatic heterocycles. The van der Waals surface area contributed by atoms with Crippen LogP contribution in [0.25, 0.3) is 11.1 Å². The van der Waals surface area contributed by atoms with Gasteiger partial charge in [0.25, 0.3) is 0 Å². The van der Waals surface area contributed by atoms with Crippen molar-refractivity contribution in [2.45, 2.75) is 36.9 Å². The van der Waals surface area contributed by atoms with Crippen molar-refractivity contribution < 1.29 is 35.8 Å². The average molecular weight is 576 g/mol. The van der Waals surface area contributed by atoms with Gasteiger partial charge in [-0.05, 0) is 48.3 Å². The fourth-order valence-electron chi connectivity index (χ4n) is 4.23. The van der Waals surface area contributed by atoms with E-state index < -0.39 is 53.0 Å². The summed E-state index contributed by atoms with van der Waals surface area (Å²) in [5, 5.41) is 19.2. The van der Waals surface area contributed by atoms with Crippen molar-refractivity contribution in [2.75, 3.05) is 16.6 Å². The maximum Gasteiger partial charge on any atom is 0.431 e. The number of nitrogens with zero attached hydrogens (tertiary/aromatic N) is 2. The van der Waals surface area contributed by atoms with E-state index in [4.69, 9.17) is 0 Å². The van der Waals surface area contributed by atoms with Crippen LogP contribution in [0.4, 0.5) is 28.9 Å². The Morgan fingerprint density at radius 2 is 1.85 bits per heavy atom. The highest BCUT2D eigenvalue weighted by molar-refractivity contribution is 7.90. The van der Waals surface area contributed by atoms with Crippen molar-refractivity contribution in [1.82, 2.24) is 5.23 Å². The first kappa shape index (κ1) is 29.2. The number of carbonyl (C=O) groups excluding carboxylic acids is 1. The van der Waals surface area contributed by atoms with Crippen LogP contribution in [0.2, 0.25) is 6.82 Å². The first-order valence-electron chi connectivity index (χ1n) is 12.1. The number of hydrogen-bond donors (Lipinski definition) is 3. The lowest BCUT2D eigenvalue weighted by molar-refractivity contribution is -0.117. The third-order valence-electron chi connectivity index (χ3n) is 6.14. The average Bonchev–Trinajstić information content (AvgIpc) is 3.35. The van der Waals surface area contributed by atoms with Crippen molar-refractivity contribution in [3.8, 4) is 11.1 Å². The van der Waals surface area contributed by atoms with Crippen molar-refractivity contribution in [3.63, 3.8) is 0 Å². The summed E-state index contributed by atoms with van der Waals surface area (Å²) >= 11 is 0. The monoisotopic (exact) mass is 576 g/mol. The Labute approximate surface area is 228 Å². The fraction of sp³-hybridized carbons (Fsp3) is 0.231. The maximum atomic E-state index is 15.1.